The maximum Gasteiger partial charge on any atom is 0.255 e. The van der Waals surface area contributed by atoms with Crippen LogP contribution in [0.3, 0.4) is 0 Å². The molecule has 0 aromatic carbocycles. The van der Waals surface area contributed by atoms with Crippen LogP contribution in [0.25, 0.3) is 11.4 Å². The summed E-state index contributed by atoms with van der Waals surface area (Å²) >= 11 is 0. The monoisotopic (exact) mass is 349 g/mol. The Labute approximate surface area is 150 Å². The molecule has 3 aromatic rings. The molecule has 0 bridgehead atoms. The van der Waals surface area contributed by atoms with E-state index < -0.39 is 0 Å². The Hall–Kier alpha value is -3.06. The highest BCUT2D eigenvalue weighted by Gasteiger charge is 2.22. The van der Waals surface area contributed by atoms with Crippen LogP contribution in [0.1, 0.15) is 16.8 Å². The summed E-state index contributed by atoms with van der Waals surface area (Å²) in [4.78, 5) is 30.6. The number of nitrogens with one attached hydrogen (secondary N) is 1. The third-order valence-corrected chi connectivity index (χ3v) is 4.56. The number of fused-ring (bicyclic) bond motifs is 1. The first kappa shape index (κ1) is 16.4. The molecule has 0 amide bonds. The van der Waals surface area contributed by atoms with Gasteiger partial charge in [0.1, 0.15) is 11.6 Å². The van der Waals surface area contributed by atoms with E-state index in [1.165, 1.54) is 0 Å². The third kappa shape index (κ3) is 3.21. The number of methoxy groups -OCH3 is 1. The van der Waals surface area contributed by atoms with E-state index in [-0.39, 0.29) is 5.56 Å². The molecule has 0 spiro atoms. The van der Waals surface area contributed by atoms with Crippen LogP contribution >= 0.6 is 0 Å². The second-order valence-electron chi connectivity index (χ2n) is 6.23. The molecule has 3 aromatic heterocycles. The van der Waals surface area contributed by atoms with Gasteiger partial charge >= 0.3 is 0 Å². The smallest absolute Gasteiger partial charge is 0.255 e. The summed E-state index contributed by atoms with van der Waals surface area (Å²) in [5.74, 6) is 1.38. The molecule has 0 atom stereocenters. The highest BCUT2D eigenvalue weighted by atomic mass is 16.5. The summed E-state index contributed by atoms with van der Waals surface area (Å²) in [6, 6.07) is 5.57. The molecule has 1 aliphatic heterocycles. The van der Waals surface area contributed by atoms with Gasteiger partial charge in [-0.25, -0.2) is 4.98 Å². The number of rotatable bonds is 4. The van der Waals surface area contributed by atoms with E-state index in [4.69, 9.17) is 4.74 Å². The van der Waals surface area contributed by atoms with Gasteiger partial charge in [0, 0.05) is 62.0 Å². The molecule has 26 heavy (non-hydrogen) atoms. The Balaban J connectivity index is 1.59. The van der Waals surface area contributed by atoms with Gasteiger partial charge in [-0.3, -0.25) is 19.7 Å². The minimum Gasteiger partial charge on any atom is -0.496 e. The predicted molar refractivity (Wildman–Crippen MR) is 96.7 cm³/mol. The summed E-state index contributed by atoms with van der Waals surface area (Å²) in [5.41, 5.74) is 3.33. The van der Waals surface area contributed by atoms with E-state index >= 15 is 0 Å². The van der Waals surface area contributed by atoms with Crippen molar-refractivity contribution in [1.29, 1.82) is 0 Å². The van der Waals surface area contributed by atoms with Crippen molar-refractivity contribution in [2.45, 2.75) is 19.5 Å². The van der Waals surface area contributed by atoms with Gasteiger partial charge in [0.2, 0.25) is 0 Å². The quantitative estimate of drug-likeness (QED) is 0.773. The second kappa shape index (κ2) is 7.05. The Bertz CT molecular complexity index is 971. The molecule has 0 saturated carbocycles. The van der Waals surface area contributed by atoms with Crippen LogP contribution in [0.4, 0.5) is 0 Å². The Morgan fingerprint density at radius 2 is 2.12 bits per heavy atom. The second-order valence-corrected chi connectivity index (χ2v) is 6.23. The lowest BCUT2D eigenvalue weighted by Gasteiger charge is -2.28. The first-order valence-corrected chi connectivity index (χ1v) is 8.46. The number of hydrogen-bond donors (Lipinski definition) is 1. The first-order chi connectivity index (χ1) is 12.7. The van der Waals surface area contributed by atoms with Crippen LogP contribution in [0.2, 0.25) is 0 Å². The van der Waals surface area contributed by atoms with Crippen LogP contribution in [0.5, 0.6) is 5.75 Å². The maximum absolute atomic E-state index is 12.6. The maximum atomic E-state index is 12.6. The van der Waals surface area contributed by atoms with Gasteiger partial charge in [-0.1, -0.05) is 0 Å². The van der Waals surface area contributed by atoms with Gasteiger partial charge in [-0.2, -0.15) is 0 Å². The third-order valence-electron chi connectivity index (χ3n) is 4.56. The van der Waals surface area contributed by atoms with Crippen molar-refractivity contribution in [3.8, 4) is 17.1 Å². The van der Waals surface area contributed by atoms with Crippen molar-refractivity contribution in [3.05, 3.63) is 70.2 Å². The van der Waals surface area contributed by atoms with Gasteiger partial charge in [0.15, 0.2) is 0 Å². The molecule has 1 N–H and O–H groups in total. The zero-order valence-corrected chi connectivity index (χ0v) is 14.5. The van der Waals surface area contributed by atoms with Crippen LogP contribution in [0.15, 0.2) is 47.8 Å². The van der Waals surface area contributed by atoms with Crippen LogP contribution in [-0.4, -0.2) is 38.5 Å². The van der Waals surface area contributed by atoms with E-state index in [9.17, 15) is 4.79 Å². The minimum absolute atomic E-state index is 0.0864. The highest BCUT2D eigenvalue weighted by molar-refractivity contribution is 5.53. The van der Waals surface area contributed by atoms with E-state index in [2.05, 4.69) is 24.8 Å². The van der Waals surface area contributed by atoms with Crippen molar-refractivity contribution >= 4 is 0 Å². The topological polar surface area (TPSA) is 84.0 Å². The lowest BCUT2D eigenvalue weighted by Crippen LogP contribution is -2.35. The number of pyridine rings is 2. The Kier molecular flexibility index (Phi) is 4.45. The fourth-order valence-corrected chi connectivity index (χ4v) is 3.23. The number of aromatic nitrogens is 4. The molecule has 0 saturated heterocycles. The summed E-state index contributed by atoms with van der Waals surface area (Å²) in [6.07, 6.45) is 7.65. The number of ether oxygens (including phenoxy) is 1. The normalized spacial score (nSPS) is 14.0. The van der Waals surface area contributed by atoms with E-state index in [0.29, 0.717) is 18.9 Å². The molecule has 0 radical (unpaired) electrons. The Morgan fingerprint density at radius 3 is 2.92 bits per heavy atom. The van der Waals surface area contributed by atoms with Crippen LogP contribution in [0, 0.1) is 0 Å². The minimum atomic E-state index is -0.0864. The molecule has 4 rings (SSSR count). The molecular weight excluding hydrogens is 330 g/mol. The summed E-state index contributed by atoms with van der Waals surface area (Å²) in [6.45, 7) is 2.07. The highest BCUT2D eigenvalue weighted by Crippen LogP contribution is 2.22. The molecule has 0 unspecified atom stereocenters. The average Bonchev–Trinajstić information content (AvgIpc) is 2.69. The van der Waals surface area contributed by atoms with Gasteiger partial charge in [0.25, 0.3) is 5.56 Å². The average molecular weight is 349 g/mol. The molecule has 0 fully saturated rings. The lowest BCUT2D eigenvalue weighted by molar-refractivity contribution is 0.238. The molecule has 7 heteroatoms. The zero-order chi connectivity index (χ0) is 17.9. The largest absolute Gasteiger partial charge is 0.496 e. The number of aromatic amines is 1. The SMILES string of the molecule is COc1ccncc1CN1CCc2nc(-c3cccnc3)[nH]c(=O)c2C1. The first-order valence-electron chi connectivity index (χ1n) is 8.46. The number of nitrogens with zero attached hydrogens (tertiary/aromatic N) is 4. The van der Waals surface area contributed by atoms with Crippen LogP contribution in [-0.2, 0) is 19.5 Å². The fourth-order valence-electron chi connectivity index (χ4n) is 3.23. The summed E-state index contributed by atoms with van der Waals surface area (Å²) in [7, 11) is 1.65. The van der Waals surface area contributed by atoms with Crippen molar-refractivity contribution in [2.75, 3.05) is 13.7 Å². The molecule has 132 valence electrons. The van der Waals surface area contributed by atoms with Gasteiger partial charge in [-0.05, 0) is 18.2 Å². The summed E-state index contributed by atoms with van der Waals surface area (Å²) < 4.78 is 5.39. The van der Waals surface area contributed by atoms with E-state index in [1.807, 2.05) is 24.4 Å². The standard InChI is InChI=1S/C19H19N5O2/c1-26-17-4-7-21-10-14(17)11-24-8-5-16-15(12-24)19(25)23-18(22-16)13-3-2-6-20-9-13/h2-4,6-7,9-10H,5,8,11-12H2,1H3,(H,22,23,25). The van der Waals surface area contributed by atoms with Crippen molar-refractivity contribution < 1.29 is 4.74 Å². The van der Waals surface area contributed by atoms with E-state index in [0.717, 1.165) is 41.1 Å². The van der Waals surface area contributed by atoms with Crippen molar-refractivity contribution in [2.24, 2.45) is 0 Å². The van der Waals surface area contributed by atoms with Gasteiger partial charge in [0.05, 0.1) is 18.4 Å². The van der Waals surface area contributed by atoms with Gasteiger partial charge in [-0.15, -0.1) is 0 Å². The molecule has 0 aliphatic carbocycles. The summed E-state index contributed by atoms with van der Waals surface area (Å²) in [5, 5.41) is 0. The van der Waals surface area contributed by atoms with Gasteiger partial charge < -0.3 is 9.72 Å². The van der Waals surface area contributed by atoms with Crippen molar-refractivity contribution in [1.82, 2.24) is 24.8 Å². The van der Waals surface area contributed by atoms with E-state index in [1.54, 1.807) is 25.7 Å². The van der Waals surface area contributed by atoms with Crippen molar-refractivity contribution in [3.63, 3.8) is 0 Å². The van der Waals surface area contributed by atoms with Crippen LogP contribution < -0.4 is 10.3 Å². The lowest BCUT2D eigenvalue weighted by atomic mass is 10.1. The fraction of sp³-hybridized carbons (Fsp3) is 0.263. The molecule has 7 nitrogen and oxygen atoms in total. The molecule has 1 aliphatic rings. The number of H-pyrrole nitrogens is 1. The number of hydrogen-bond acceptors (Lipinski definition) is 6. The zero-order valence-electron chi connectivity index (χ0n) is 14.5. The molecular formula is C19H19N5O2. The predicted octanol–water partition coefficient (Wildman–Crippen LogP) is 1.79. The molecule has 4 heterocycles. The Morgan fingerprint density at radius 1 is 1.23 bits per heavy atom.